The van der Waals surface area contributed by atoms with Gasteiger partial charge in [0.05, 0.1) is 139 Å². The highest BCUT2D eigenvalue weighted by Crippen LogP contribution is 2.08. The molecule has 0 spiro atoms. The summed E-state index contributed by atoms with van der Waals surface area (Å²) in [6.07, 6.45) is 1.45. The molecule has 0 bridgehead atoms. The fourth-order valence-corrected chi connectivity index (χ4v) is 3.12. The smallest absolute Gasteiger partial charge is 0.308 e. The van der Waals surface area contributed by atoms with Crippen molar-refractivity contribution in [3.05, 3.63) is 0 Å². The molecule has 0 rings (SSSR count). The van der Waals surface area contributed by atoms with Gasteiger partial charge in [-0.3, -0.25) is 9.59 Å². The zero-order valence-electron chi connectivity index (χ0n) is 28.2. The molecule has 0 heterocycles. The van der Waals surface area contributed by atoms with E-state index in [0.29, 0.717) is 139 Å². The Hall–Kier alpha value is -1.46. The summed E-state index contributed by atoms with van der Waals surface area (Å²) >= 11 is 0. The molecule has 0 N–H and O–H groups in total. The van der Waals surface area contributed by atoms with Crippen molar-refractivity contribution in [1.29, 1.82) is 0 Å². The highest BCUT2D eigenvalue weighted by Gasteiger charge is 2.15. The van der Waals surface area contributed by atoms with E-state index in [2.05, 4.69) is 0 Å². The molecule has 14 heteroatoms. The van der Waals surface area contributed by atoms with Gasteiger partial charge in [0.15, 0.2) is 0 Å². The van der Waals surface area contributed by atoms with Crippen LogP contribution >= 0.6 is 0 Å². The summed E-state index contributed by atoms with van der Waals surface area (Å²) in [6.45, 7) is 16.9. The Morgan fingerprint density at radius 2 is 0.644 bits per heavy atom. The molecule has 0 saturated carbocycles. The lowest BCUT2D eigenvalue weighted by Crippen LogP contribution is -2.24. The fourth-order valence-electron chi connectivity index (χ4n) is 3.12. The maximum absolute atomic E-state index is 11.6. The number of hydrogen-bond donors (Lipinski definition) is 0. The van der Waals surface area contributed by atoms with Gasteiger partial charge in [0.25, 0.3) is 0 Å². The van der Waals surface area contributed by atoms with Crippen molar-refractivity contribution in [1.82, 2.24) is 0 Å². The lowest BCUT2D eigenvalue weighted by molar-refractivity contribution is -0.156. The second kappa shape index (κ2) is 33.9. The summed E-state index contributed by atoms with van der Waals surface area (Å²) in [7, 11) is 0. The number of esters is 2. The highest BCUT2D eigenvalue weighted by molar-refractivity contribution is 5.70. The molecule has 0 aromatic rings. The Bertz CT molecular complexity index is 644. The minimum Gasteiger partial charge on any atom is -0.463 e. The maximum atomic E-state index is 11.6. The van der Waals surface area contributed by atoms with Crippen LogP contribution in [0.3, 0.4) is 0 Å². The predicted octanol–water partition coefficient (Wildman–Crippen LogP) is 2.23. The number of carbonyl (C=O) groups is 2. The van der Waals surface area contributed by atoms with Crippen molar-refractivity contribution in [3.8, 4) is 0 Å². The first-order valence-electron chi connectivity index (χ1n) is 16.0. The summed E-state index contributed by atoms with van der Waals surface area (Å²) in [5.74, 6) is -0.459. The Morgan fingerprint density at radius 3 is 0.911 bits per heavy atom. The van der Waals surface area contributed by atoms with Crippen molar-refractivity contribution in [3.63, 3.8) is 0 Å². The first-order valence-corrected chi connectivity index (χ1v) is 16.0. The van der Waals surface area contributed by atoms with Crippen molar-refractivity contribution in [2.45, 2.75) is 52.6 Å². The minimum atomic E-state index is -0.475. The van der Waals surface area contributed by atoms with Crippen molar-refractivity contribution >= 4 is 11.9 Å². The molecule has 0 aliphatic carbocycles. The van der Waals surface area contributed by atoms with Gasteiger partial charge in [-0.25, -0.2) is 0 Å². The van der Waals surface area contributed by atoms with Crippen LogP contribution in [0.4, 0.5) is 0 Å². The van der Waals surface area contributed by atoms with Gasteiger partial charge < -0.3 is 56.8 Å². The molecule has 14 nitrogen and oxygen atoms in total. The Labute approximate surface area is 269 Å². The lowest BCUT2D eigenvalue weighted by atomic mass is 10.2. The molecule has 0 saturated heterocycles. The summed E-state index contributed by atoms with van der Waals surface area (Å²) in [5, 5.41) is 0. The molecule has 0 atom stereocenters. The van der Waals surface area contributed by atoms with Crippen LogP contribution < -0.4 is 0 Å². The zero-order chi connectivity index (χ0) is 33.1. The average molecular weight is 657 g/mol. The Morgan fingerprint density at radius 1 is 0.378 bits per heavy atom. The van der Waals surface area contributed by atoms with Crippen LogP contribution in [-0.4, -0.2) is 156 Å². The maximum Gasteiger partial charge on any atom is 0.308 e. The zero-order valence-corrected chi connectivity index (χ0v) is 28.2. The first-order chi connectivity index (χ1) is 21.8. The average Bonchev–Trinajstić information content (AvgIpc) is 2.98. The molecule has 268 valence electrons. The van der Waals surface area contributed by atoms with E-state index in [4.69, 9.17) is 56.8 Å². The third-order valence-electron chi connectivity index (χ3n) is 5.16. The van der Waals surface area contributed by atoms with Gasteiger partial charge in [-0.05, 0) is 27.2 Å². The van der Waals surface area contributed by atoms with Gasteiger partial charge in [-0.1, -0.05) is 6.92 Å². The predicted molar refractivity (Wildman–Crippen MR) is 165 cm³/mol. The van der Waals surface area contributed by atoms with Gasteiger partial charge >= 0.3 is 11.9 Å². The van der Waals surface area contributed by atoms with Gasteiger partial charge in [-0.2, -0.15) is 0 Å². The standard InChI is InChI=1S/C31H60O14/c1-5-6-29(32)44-28-27-43-26-25-42-24-23-41-22-21-40-20-19-39-18-17-38-16-15-37-14-13-36-12-11-35-10-9-34-8-7-30(33)45-31(2,3)4/h5-28H2,1-4H3. The summed E-state index contributed by atoms with van der Waals surface area (Å²) in [4.78, 5) is 22.7. The van der Waals surface area contributed by atoms with Crippen LogP contribution in [0.1, 0.15) is 47.0 Å². The largest absolute Gasteiger partial charge is 0.463 e. The lowest BCUT2D eigenvalue weighted by Gasteiger charge is -2.19. The van der Waals surface area contributed by atoms with Gasteiger partial charge in [0.2, 0.25) is 0 Å². The molecule has 0 unspecified atom stereocenters. The molecule has 0 amide bonds. The number of hydrogen-bond acceptors (Lipinski definition) is 14. The molecule has 0 fully saturated rings. The Kier molecular flexibility index (Phi) is 32.8. The van der Waals surface area contributed by atoms with E-state index in [-0.39, 0.29) is 25.0 Å². The van der Waals surface area contributed by atoms with E-state index in [9.17, 15) is 9.59 Å². The summed E-state index contributed by atoms with van der Waals surface area (Å²) < 4.78 is 64.4. The normalized spacial score (nSPS) is 11.6. The third-order valence-corrected chi connectivity index (χ3v) is 5.16. The van der Waals surface area contributed by atoms with Crippen molar-refractivity contribution in [2.24, 2.45) is 0 Å². The number of rotatable bonds is 35. The number of carbonyl (C=O) groups excluding carboxylic acids is 2. The third kappa shape index (κ3) is 38.6. The fraction of sp³-hybridized carbons (Fsp3) is 0.935. The molecule has 0 radical (unpaired) electrons. The summed E-state index contributed by atoms with van der Waals surface area (Å²) in [5.41, 5.74) is -0.475. The molecule has 0 aliphatic rings. The van der Waals surface area contributed by atoms with Crippen LogP contribution in [0.15, 0.2) is 0 Å². The van der Waals surface area contributed by atoms with E-state index < -0.39 is 5.60 Å². The minimum absolute atomic E-state index is 0.192. The van der Waals surface area contributed by atoms with Crippen molar-refractivity contribution in [2.75, 3.05) is 139 Å². The monoisotopic (exact) mass is 656 g/mol. The van der Waals surface area contributed by atoms with Crippen LogP contribution in [0.5, 0.6) is 0 Å². The molecule has 0 aromatic heterocycles. The summed E-state index contributed by atoms with van der Waals surface area (Å²) in [6, 6.07) is 0. The van der Waals surface area contributed by atoms with Gasteiger partial charge in [0.1, 0.15) is 12.2 Å². The SMILES string of the molecule is CCCC(=O)OCCOCCOCCOCCOCCOCCOCCOCCOCCOCCOCCC(=O)OC(C)(C)C. The second-order valence-electron chi connectivity index (χ2n) is 10.4. The second-order valence-corrected chi connectivity index (χ2v) is 10.4. The quantitative estimate of drug-likeness (QED) is 0.0726. The Balaban J connectivity index is 3.11. The van der Waals surface area contributed by atoms with Crippen LogP contribution in [0, 0.1) is 0 Å². The van der Waals surface area contributed by atoms with E-state index in [1.165, 1.54) is 0 Å². The molecule has 0 aliphatic heterocycles. The molecule has 0 aromatic carbocycles. The van der Waals surface area contributed by atoms with Gasteiger partial charge in [0, 0.05) is 6.42 Å². The van der Waals surface area contributed by atoms with E-state index in [1.54, 1.807) is 0 Å². The van der Waals surface area contributed by atoms with Crippen LogP contribution in [0.2, 0.25) is 0 Å². The molecular formula is C31H60O14. The van der Waals surface area contributed by atoms with Gasteiger partial charge in [-0.15, -0.1) is 0 Å². The molecule has 45 heavy (non-hydrogen) atoms. The van der Waals surface area contributed by atoms with Crippen molar-refractivity contribution < 1.29 is 66.4 Å². The van der Waals surface area contributed by atoms with E-state index in [0.717, 1.165) is 6.42 Å². The van der Waals surface area contributed by atoms with E-state index >= 15 is 0 Å². The molecular weight excluding hydrogens is 596 g/mol. The number of ether oxygens (including phenoxy) is 12. The van der Waals surface area contributed by atoms with Crippen LogP contribution in [-0.2, 0) is 66.4 Å². The van der Waals surface area contributed by atoms with Crippen LogP contribution in [0.25, 0.3) is 0 Å². The van der Waals surface area contributed by atoms with E-state index in [1.807, 2.05) is 27.7 Å². The first kappa shape index (κ1) is 43.5. The topological polar surface area (TPSA) is 145 Å². The highest BCUT2D eigenvalue weighted by atomic mass is 16.6.